The van der Waals surface area contributed by atoms with Gasteiger partial charge in [0.1, 0.15) is 24.6 Å². The molecule has 2 heterocycles. The van der Waals surface area contributed by atoms with Crippen LogP contribution in [-0.4, -0.2) is 77.6 Å². The molecule has 0 bridgehead atoms. The van der Waals surface area contributed by atoms with Crippen molar-refractivity contribution in [1.29, 1.82) is 0 Å². The Morgan fingerprint density at radius 2 is 2.05 bits per heavy atom. The number of nitrogens with zero attached hydrogens (tertiary/aromatic N) is 3. The lowest BCUT2D eigenvalue weighted by molar-refractivity contribution is -0.0588. The van der Waals surface area contributed by atoms with Crippen LogP contribution in [-0.2, 0) is 15.5 Å². The summed E-state index contributed by atoms with van der Waals surface area (Å²) in [4.78, 5) is 14.4. The van der Waals surface area contributed by atoms with Crippen LogP contribution in [0.25, 0.3) is 0 Å². The molecule has 0 spiro atoms. The van der Waals surface area contributed by atoms with Crippen LogP contribution in [0.5, 0.6) is 0 Å². The first-order valence-electron chi connectivity index (χ1n) is 5.86. The highest BCUT2D eigenvalue weighted by molar-refractivity contribution is 7.83. The molecule has 4 atom stereocenters. The zero-order valence-corrected chi connectivity index (χ0v) is 12.3. The van der Waals surface area contributed by atoms with E-state index in [9.17, 15) is 19.2 Å². The van der Waals surface area contributed by atoms with E-state index in [1.165, 1.54) is 0 Å². The second-order valence-electron chi connectivity index (χ2n) is 4.38. The minimum atomic E-state index is -1.27. The van der Waals surface area contributed by atoms with Gasteiger partial charge in [-0.05, 0) is 0 Å². The van der Waals surface area contributed by atoms with Gasteiger partial charge in [0, 0.05) is 23.3 Å². The number of rotatable bonds is 3. The summed E-state index contributed by atoms with van der Waals surface area (Å²) in [5.41, 5.74) is 4.97. The first kappa shape index (κ1) is 17.7. The largest absolute Gasteiger partial charge is 0.394 e. The monoisotopic (exact) mass is 322 g/mol. The maximum absolute atomic E-state index is 10.8. The van der Waals surface area contributed by atoms with E-state index in [1.54, 1.807) is 12.5 Å². The highest BCUT2D eigenvalue weighted by Gasteiger charge is 2.43. The van der Waals surface area contributed by atoms with E-state index < -0.39 is 47.9 Å². The van der Waals surface area contributed by atoms with Gasteiger partial charge in [0.05, 0.1) is 6.61 Å². The van der Waals surface area contributed by atoms with Gasteiger partial charge >= 0.3 is 0 Å². The number of primary amides is 1. The summed E-state index contributed by atoms with van der Waals surface area (Å²) < 4.78 is 15.8. The first-order valence-corrected chi connectivity index (χ1v) is 7.83. The Labute approximate surface area is 123 Å². The van der Waals surface area contributed by atoms with E-state index in [4.69, 9.17) is 15.6 Å². The first-order chi connectivity index (χ1) is 9.77. The molecule has 0 aliphatic carbocycles. The molecule has 1 aromatic rings. The summed E-state index contributed by atoms with van der Waals surface area (Å²) in [6.45, 7) is -0.438. The minimum Gasteiger partial charge on any atom is -0.394 e. The van der Waals surface area contributed by atoms with Crippen LogP contribution in [0, 0.1) is 0 Å². The van der Waals surface area contributed by atoms with Crippen molar-refractivity contribution in [3.8, 4) is 0 Å². The molecule has 21 heavy (non-hydrogen) atoms. The van der Waals surface area contributed by atoms with E-state index in [-0.39, 0.29) is 5.82 Å². The highest BCUT2D eigenvalue weighted by atomic mass is 32.2. The van der Waals surface area contributed by atoms with E-state index >= 15 is 0 Å². The van der Waals surface area contributed by atoms with Gasteiger partial charge in [-0.1, -0.05) is 0 Å². The molecule has 1 aromatic heterocycles. The molecule has 11 heteroatoms. The molecular weight excluding hydrogens is 304 g/mol. The van der Waals surface area contributed by atoms with Crippen LogP contribution in [0.4, 0.5) is 0 Å². The molecule has 0 aromatic carbocycles. The summed E-state index contributed by atoms with van der Waals surface area (Å²) in [6.07, 6.45) is 0.0141. The number of nitrogens with two attached hydrogens (primary N) is 1. The Morgan fingerprint density at radius 1 is 1.48 bits per heavy atom. The van der Waals surface area contributed by atoms with Crippen molar-refractivity contribution >= 4 is 16.7 Å². The molecule has 120 valence electrons. The fourth-order valence-corrected chi connectivity index (χ4v) is 1.61. The Kier molecular flexibility index (Phi) is 6.36. The van der Waals surface area contributed by atoms with Gasteiger partial charge in [-0.3, -0.25) is 9.00 Å². The lowest BCUT2D eigenvalue weighted by Crippen LogP contribution is -2.33. The van der Waals surface area contributed by atoms with Crippen LogP contribution in [0.2, 0.25) is 0 Å². The van der Waals surface area contributed by atoms with Gasteiger partial charge in [0.25, 0.3) is 5.91 Å². The number of aliphatic hydroxyl groups is 3. The molecule has 5 N–H and O–H groups in total. The number of amides is 1. The number of carbonyl (C=O) groups is 1. The molecule has 1 amide bonds. The molecule has 1 aliphatic rings. The average Bonchev–Trinajstić information content (AvgIpc) is 2.96. The van der Waals surface area contributed by atoms with Crippen molar-refractivity contribution in [3.05, 3.63) is 12.2 Å². The minimum absolute atomic E-state index is 0.220. The zero-order valence-electron chi connectivity index (χ0n) is 11.5. The third kappa shape index (κ3) is 4.54. The average molecular weight is 322 g/mol. The van der Waals surface area contributed by atoms with Gasteiger partial charge in [0.2, 0.25) is 5.82 Å². The maximum Gasteiger partial charge on any atom is 0.288 e. The molecule has 0 radical (unpaired) electrons. The third-order valence-electron chi connectivity index (χ3n) is 2.51. The summed E-state index contributed by atoms with van der Waals surface area (Å²) in [5, 5.41) is 31.8. The van der Waals surface area contributed by atoms with Crippen LogP contribution in [0.15, 0.2) is 6.33 Å². The summed E-state index contributed by atoms with van der Waals surface area (Å²) in [5.74, 6) is -1.03. The molecule has 1 saturated heterocycles. The maximum atomic E-state index is 10.8. The van der Waals surface area contributed by atoms with Crippen molar-refractivity contribution < 1.29 is 29.1 Å². The fraction of sp³-hybridized carbons (Fsp3) is 0.700. The number of aliphatic hydroxyl groups excluding tert-OH is 3. The fourth-order valence-electron chi connectivity index (χ4n) is 1.61. The number of hydrogen-bond acceptors (Lipinski definition) is 8. The third-order valence-corrected chi connectivity index (χ3v) is 2.51. The lowest BCUT2D eigenvalue weighted by Gasteiger charge is -2.13. The van der Waals surface area contributed by atoms with Crippen molar-refractivity contribution in [1.82, 2.24) is 14.8 Å². The van der Waals surface area contributed by atoms with Gasteiger partial charge in [-0.15, -0.1) is 5.10 Å². The number of aromatic nitrogens is 3. The van der Waals surface area contributed by atoms with Crippen LogP contribution in [0.3, 0.4) is 0 Å². The van der Waals surface area contributed by atoms with Gasteiger partial charge in [0.15, 0.2) is 6.23 Å². The van der Waals surface area contributed by atoms with Crippen molar-refractivity contribution in [2.24, 2.45) is 5.73 Å². The SMILES string of the molecule is CS(C)=O.NC(=O)c1ncn([C@@H]2O[C@H](CO)[C@@H](O)[C@H]2O)n1. The molecular formula is C10H18N4O6S. The number of hydrogen-bond donors (Lipinski definition) is 4. The molecule has 1 fully saturated rings. The highest BCUT2D eigenvalue weighted by Crippen LogP contribution is 2.28. The quantitative estimate of drug-likeness (QED) is 0.457. The lowest BCUT2D eigenvalue weighted by atomic mass is 10.1. The van der Waals surface area contributed by atoms with Crippen molar-refractivity contribution in [3.63, 3.8) is 0 Å². The standard InChI is InChI=1S/C8H12N4O5.C2H6OS/c9-6(16)7-10-2-12(11-7)8-5(15)4(14)3(1-13)17-8;1-4(2)3/h2-5,8,13-15H,1H2,(H2,9,16);1-2H3/t3-,4-,5-,8-;/m1./s1. The van der Waals surface area contributed by atoms with Crippen LogP contribution < -0.4 is 5.73 Å². The predicted octanol–water partition coefficient (Wildman–Crippen LogP) is -3.02. The van der Waals surface area contributed by atoms with Crippen LogP contribution >= 0.6 is 0 Å². The number of carbonyl (C=O) groups excluding carboxylic acids is 1. The Bertz CT molecular complexity index is 505. The second kappa shape index (κ2) is 7.56. The summed E-state index contributed by atoms with van der Waals surface area (Å²) >= 11 is 0. The topological polar surface area (TPSA) is 161 Å². The van der Waals surface area contributed by atoms with Crippen LogP contribution in [0.1, 0.15) is 16.8 Å². The molecule has 2 rings (SSSR count). The van der Waals surface area contributed by atoms with E-state index in [0.29, 0.717) is 0 Å². The molecule has 0 saturated carbocycles. The van der Waals surface area contributed by atoms with Gasteiger partial charge in [-0.25, -0.2) is 9.67 Å². The molecule has 0 unspecified atom stereocenters. The molecule has 10 nitrogen and oxygen atoms in total. The summed E-state index contributed by atoms with van der Waals surface area (Å²) in [7, 11) is -0.611. The Hall–Kier alpha value is -1.40. The van der Waals surface area contributed by atoms with Gasteiger partial charge < -0.3 is 25.8 Å². The summed E-state index contributed by atoms with van der Waals surface area (Å²) in [6, 6.07) is 0. The normalized spacial score (nSPS) is 28.3. The Morgan fingerprint density at radius 3 is 2.43 bits per heavy atom. The van der Waals surface area contributed by atoms with Gasteiger partial charge in [-0.2, -0.15) is 0 Å². The van der Waals surface area contributed by atoms with E-state index in [2.05, 4.69) is 10.1 Å². The zero-order chi connectivity index (χ0) is 16.2. The van der Waals surface area contributed by atoms with E-state index in [0.717, 1.165) is 11.0 Å². The van der Waals surface area contributed by atoms with Crippen molar-refractivity contribution in [2.75, 3.05) is 19.1 Å². The number of ether oxygens (including phenoxy) is 1. The van der Waals surface area contributed by atoms with Crippen molar-refractivity contribution in [2.45, 2.75) is 24.5 Å². The van der Waals surface area contributed by atoms with E-state index in [1.807, 2.05) is 0 Å². The Balaban J connectivity index is 0.000000491. The molecule has 1 aliphatic heterocycles. The second-order valence-corrected chi connectivity index (χ2v) is 5.87. The predicted molar refractivity (Wildman–Crippen MR) is 71.5 cm³/mol. The smallest absolute Gasteiger partial charge is 0.288 e.